The molecule has 4 nitrogen and oxygen atoms in total. The van der Waals surface area contributed by atoms with Crippen LogP contribution in [0.2, 0.25) is 5.02 Å². The Labute approximate surface area is 112 Å². The summed E-state index contributed by atoms with van der Waals surface area (Å²) in [6.07, 6.45) is 1.55. The number of halogens is 1. The zero-order valence-corrected chi connectivity index (χ0v) is 11.1. The Bertz CT molecular complexity index is 458. The maximum Gasteiger partial charge on any atom is 0.124 e. The molecule has 0 unspecified atom stereocenters. The minimum atomic E-state index is -0.143. The lowest BCUT2D eigenvalue weighted by Crippen LogP contribution is -2.37. The van der Waals surface area contributed by atoms with E-state index in [2.05, 4.69) is 4.90 Å². The number of anilines is 1. The molecule has 1 aromatic carbocycles. The second-order valence-corrected chi connectivity index (χ2v) is 5.38. The van der Waals surface area contributed by atoms with E-state index in [1.54, 1.807) is 12.1 Å². The SMILES string of the molecule is CN(CC1CC(O)C1)c1cc(Cl)ccc1C(=N)N. The molecule has 1 fully saturated rings. The number of hydrogen-bond donors (Lipinski definition) is 3. The predicted molar refractivity (Wildman–Crippen MR) is 74.5 cm³/mol. The first-order valence-electron chi connectivity index (χ1n) is 6.00. The Balaban J connectivity index is 2.15. The number of benzene rings is 1. The number of nitrogens with zero attached hydrogens (tertiary/aromatic N) is 1. The summed E-state index contributed by atoms with van der Waals surface area (Å²) < 4.78 is 0. The van der Waals surface area contributed by atoms with Crippen LogP contribution in [0.5, 0.6) is 0 Å². The smallest absolute Gasteiger partial charge is 0.124 e. The van der Waals surface area contributed by atoms with Gasteiger partial charge in [0.2, 0.25) is 0 Å². The molecule has 0 heterocycles. The molecule has 98 valence electrons. The maximum atomic E-state index is 9.29. The van der Waals surface area contributed by atoms with E-state index >= 15 is 0 Å². The topological polar surface area (TPSA) is 73.3 Å². The van der Waals surface area contributed by atoms with Gasteiger partial charge in [-0.05, 0) is 37.0 Å². The fourth-order valence-electron chi connectivity index (χ4n) is 2.38. The van der Waals surface area contributed by atoms with Gasteiger partial charge in [0.05, 0.1) is 6.10 Å². The summed E-state index contributed by atoms with van der Waals surface area (Å²) in [6, 6.07) is 5.34. The van der Waals surface area contributed by atoms with Crippen LogP contribution in [0.3, 0.4) is 0 Å². The van der Waals surface area contributed by atoms with Crippen molar-refractivity contribution in [1.29, 1.82) is 5.41 Å². The number of amidine groups is 1. The highest BCUT2D eigenvalue weighted by atomic mass is 35.5. The van der Waals surface area contributed by atoms with Crippen molar-refractivity contribution in [2.24, 2.45) is 11.7 Å². The number of nitrogen functional groups attached to an aromatic ring is 1. The highest BCUT2D eigenvalue weighted by Crippen LogP contribution is 2.31. The molecule has 5 heteroatoms. The third kappa shape index (κ3) is 2.76. The Morgan fingerprint density at radius 2 is 2.22 bits per heavy atom. The van der Waals surface area contributed by atoms with E-state index in [-0.39, 0.29) is 11.9 Å². The van der Waals surface area contributed by atoms with Crippen LogP contribution in [0.25, 0.3) is 0 Å². The number of aliphatic hydroxyl groups excluding tert-OH is 1. The van der Waals surface area contributed by atoms with Crippen LogP contribution in [0, 0.1) is 11.3 Å². The van der Waals surface area contributed by atoms with Crippen LogP contribution < -0.4 is 10.6 Å². The molecule has 0 atom stereocenters. The van der Waals surface area contributed by atoms with Crippen molar-refractivity contribution in [2.45, 2.75) is 18.9 Å². The Kier molecular flexibility index (Phi) is 3.78. The Morgan fingerprint density at radius 3 is 2.78 bits per heavy atom. The summed E-state index contributed by atoms with van der Waals surface area (Å²) in [5, 5.41) is 17.5. The summed E-state index contributed by atoms with van der Waals surface area (Å²) in [5.74, 6) is 0.547. The van der Waals surface area contributed by atoms with Crippen LogP contribution in [-0.2, 0) is 0 Å². The highest BCUT2D eigenvalue weighted by Gasteiger charge is 2.28. The average Bonchev–Trinajstić information content (AvgIpc) is 2.26. The van der Waals surface area contributed by atoms with Gasteiger partial charge in [-0.2, -0.15) is 0 Å². The summed E-state index contributed by atoms with van der Waals surface area (Å²) in [4.78, 5) is 2.05. The van der Waals surface area contributed by atoms with Crippen LogP contribution in [-0.4, -0.2) is 30.6 Å². The van der Waals surface area contributed by atoms with E-state index in [9.17, 15) is 5.11 Å². The monoisotopic (exact) mass is 267 g/mol. The molecule has 1 aliphatic carbocycles. The molecule has 0 amide bonds. The summed E-state index contributed by atoms with van der Waals surface area (Å²) >= 11 is 6.00. The number of nitrogens with two attached hydrogens (primary N) is 1. The molecule has 1 aromatic rings. The molecule has 1 aliphatic rings. The van der Waals surface area contributed by atoms with Gasteiger partial charge in [0.15, 0.2) is 0 Å². The largest absolute Gasteiger partial charge is 0.393 e. The van der Waals surface area contributed by atoms with Gasteiger partial charge in [0.25, 0.3) is 0 Å². The van der Waals surface area contributed by atoms with Crippen molar-refractivity contribution in [1.82, 2.24) is 0 Å². The van der Waals surface area contributed by atoms with E-state index in [4.69, 9.17) is 22.7 Å². The minimum absolute atomic E-state index is 0.0437. The first-order valence-corrected chi connectivity index (χ1v) is 6.38. The van der Waals surface area contributed by atoms with Crippen molar-refractivity contribution in [3.8, 4) is 0 Å². The van der Waals surface area contributed by atoms with Crippen molar-refractivity contribution >= 4 is 23.1 Å². The predicted octanol–water partition coefficient (Wildman–Crippen LogP) is 1.83. The van der Waals surface area contributed by atoms with E-state index in [0.717, 1.165) is 25.1 Å². The van der Waals surface area contributed by atoms with Crippen LogP contribution in [0.4, 0.5) is 5.69 Å². The molecule has 0 bridgehead atoms. The molecule has 0 aromatic heterocycles. The molecule has 0 spiro atoms. The standard InChI is InChI=1S/C13H18ClN3O/c1-17(7-8-4-10(18)5-8)12-6-9(14)2-3-11(12)13(15)16/h2-3,6,8,10,18H,4-5,7H2,1H3,(H3,15,16). The van der Waals surface area contributed by atoms with Gasteiger partial charge in [-0.25, -0.2) is 0 Å². The Hall–Kier alpha value is -1.26. The van der Waals surface area contributed by atoms with Crippen LogP contribution in [0.1, 0.15) is 18.4 Å². The van der Waals surface area contributed by atoms with Crippen molar-refractivity contribution < 1.29 is 5.11 Å². The van der Waals surface area contributed by atoms with Gasteiger partial charge < -0.3 is 15.7 Å². The van der Waals surface area contributed by atoms with E-state index in [0.29, 0.717) is 16.5 Å². The van der Waals surface area contributed by atoms with Gasteiger partial charge >= 0.3 is 0 Å². The summed E-state index contributed by atoms with van der Waals surface area (Å²) in [5.41, 5.74) is 7.14. The van der Waals surface area contributed by atoms with Gasteiger partial charge in [0.1, 0.15) is 5.84 Å². The molecule has 0 saturated heterocycles. The molecule has 18 heavy (non-hydrogen) atoms. The van der Waals surface area contributed by atoms with Crippen molar-refractivity contribution in [3.63, 3.8) is 0 Å². The summed E-state index contributed by atoms with van der Waals surface area (Å²) in [6.45, 7) is 0.845. The van der Waals surface area contributed by atoms with Gasteiger partial charge in [-0.15, -0.1) is 0 Å². The lowest BCUT2D eigenvalue weighted by atomic mass is 9.82. The quantitative estimate of drug-likeness (QED) is 0.576. The lowest BCUT2D eigenvalue weighted by Gasteiger charge is -2.35. The van der Waals surface area contributed by atoms with E-state index in [1.807, 2.05) is 13.1 Å². The number of nitrogens with one attached hydrogen (secondary N) is 1. The zero-order valence-electron chi connectivity index (χ0n) is 10.4. The molecular weight excluding hydrogens is 250 g/mol. The third-order valence-electron chi connectivity index (χ3n) is 3.40. The molecule has 4 N–H and O–H groups in total. The van der Waals surface area contributed by atoms with Crippen LogP contribution in [0.15, 0.2) is 18.2 Å². The number of rotatable bonds is 4. The van der Waals surface area contributed by atoms with Crippen molar-refractivity contribution in [3.05, 3.63) is 28.8 Å². The molecule has 0 aliphatic heterocycles. The number of hydrogen-bond acceptors (Lipinski definition) is 3. The van der Waals surface area contributed by atoms with Gasteiger partial charge in [0, 0.05) is 29.9 Å². The molecular formula is C13H18ClN3O. The first-order chi connectivity index (χ1) is 8.47. The molecule has 0 radical (unpaired) electrons. The third-order valence-corrected chi connectivity index (χ3v) is 3.64. The average molecular weight is 268 g/mol. The second-order valence-electron chi connectivity index (χ2n) is 4.95. The molecule has 2 rings (SSSR count). The van der Waals surface area contributed by atoms with Gasteiger partial charge in [-0.1, -0.05) is 11.6 Å². The van der Waals surface area contributed by atoms with E-state index in [1.165, 1.54) is 0 Å². The Morgan fingerprint density at radius 1 is 1.56 bits per heavy atom. The highest BCUT2D eigenvalue weighted by molar-refractivity contribution is 6.31. The minimum Gasteiger partial charge on any atom is -0.393 e. The second kappa shape index (κ2) is 5.16. The van der Waals surface area contributed by atoms with Crippen LogP contribution >= 0.6 is 11.6 Å². The summed E-state index contributed by atoms with van der Waals surface area (Å²) in [7, 11) is 1.96. The fraction of sp³-hybridized carbons (Fsp3) is 0.462. The van der Waals surface area contributed by atoms with Gasteiger partial charge in [-0.3, -0.25) is 5.41 Å². The lowest BCUT2D eigenvalue weighted by molar-refractivity contribution is 0.0465. The van der Waals surface area contributed by atoms with Crippen molar-refractivity contribution in [2.75, 3.05) is 18.5 Å². The first kappa shape index (κ1) is 13.2. The van der Waals surface area contributed by atoms with E-state index < -0.39 is 0 Å². The number of aliphatic hydroxyl groups is 1. The maximum absolute atomic E-state index is 9.29. The fourth-order valence-corrected chi connectivity index (χ4v) is 2.55. The zero-order chi connectivity index (χ0) is 13.3. The normalized spacial score (nSPS) is 22.4. The molecule has 1 saturated carbocycles.